The highest BCUT2D eigenvalue weighted by atomic mass is 28.3. The van der Waals surface area contributed by atoms with Crippen molar-refractivity contribution in [2.75, 3.05) is 6.61 Å². The molecule has 0 unspecified atom stereocenters. The van der Waals surface area contributed by atoms with Gasteiger partial charge in [0.2, 0.25) is 0 Å². The maximum atomic E-state index is 9.27. The van der Waals surface area contributed by atoms with Crippen molar-refractivity contribution >= 4 is 19.1 Å². The lowest BCUT2D eigenvalue weighted by molar-refractivity contribution is 0.0898. The quantitative estimate of drug-likeness (QED) is 0.653. The second-order valence-corrected chi connectivity index (χ2v) is 11.6. The predicted octanol–water partition coefficient (Wildman–Crippen LogP) is 2.84. The van der Waals surface area contributed by atoms with E-state index in [9.17, 15) is 5.11 Å². The summed E-state index contributed by atoms with van der Waals surface area (Å²) in [5.41, 5.74) is 2.73. The Hall–Kier alpha value is -1.17. The van der Waals surface area contributed by atoms with E-state index in [4.69, 9.17) is 4.74 Å². The van der Waals surface area contributed by atoms with Crippen molar-refractivity contribution in [1.82, 2.24) is 9.55 Å². The first kappa shape index (κ1) is 14.2. The highest BCUT2D eigenvalue weighted by Gasteiger charge is 2.12. The van der Waals surface area contributed by atoms with Crippen LogP contribution in [0.15, 0.2) is 24.5 Å². The smallest absolute Gasteiger partial charge is 0.124 e. The number of nitrogens with zero attached hydrogens (tertiary/aromatic N) is 2. The van der Waals surface area contributed by atoms with Crippen LogP contribution in [0.25, 0.3) is 11.0 Å². The van der Waals surface area contributed by atoms with Crippen molar-refractivity contribution in [2.45, 2.75) is 39.0 Å². The minimum absolute atomic E-state index is 0.0187. The Morgan fingerprint density at radius 2 is 2.11 bits per heavy atom. The number of fused-ring (bicyclic) bond motifs is 1. The Labute approximate surface area is 115 Å². The van der Waals surface area contributed by atoms with Crippen LogP contribution in [0, 0.1) is 0 Å². The van der Waals surface area contributed by atoms with E-state index in [2.05, 4.69) is 24.6 Å². The summed E-state index contributed by atoms with van der Waals surface area (Å²) in [4.78, 5) is 4.35. The zero-order valence-corrected chi connectivity index (χ0v) is 12.9. The molecule has 1 heterocycles. The van der Waals surface area contributed by atoms with E-state index < -0.39 is 8.07 Å². The van der Waals surface area contributed by atoms with Gasteiger partial charge in [-0.05, 0) is 12.1 Å². The molecular weight excluding hydrogens is 256 g/mol. The minimum atomic E-state index is -1.03. The second-order valence-electron chi connectivity index (χ2n) is 6.01. The van der Waals surface area contributed by atoms with E-state index in [-0.39, 0.29) is 6.61 Å². The van der Waals surface area contributed by atoms with E-state index in [1.54, 1.807) is 6.33 Å². The molecule has 0 saturated heterocycles. The molecular formula is C14H22N2O2Si. The fourth-order valence-electron chi connectivity index (χ4n) is 1.92. The molecule has 1 N–H and O–H groups in total. The lowest BCUT2D eigenvalue weighted by Crippen LogP contribution is -2.21. The lowest BCUT2D eigenvalue weighted by atomic mass is 10.2. The third kappa shape index (κ3) is 3.65. The molecule has 0 atom stereocenters. The summed E-state index contributed by atoms with van der Waals surface area (Å²) in [6.07, 6.45) is 1.78. The molecule has 0 aliphatic rings. The number of aliphatic hydroxyl groups excluding tert-OH is 1. The molecule has 0 radical (unpaired) electrons. The summed E-state index contributed by atoms with van der Waals surface area (Å²) in [7, 11) is -1.03. The molecule has 0 saturated carbocycles. The van der Waals surface area contributed by atoms with Crippen LogP contribution in [-0.4, -0.2) is 29.3 Å². The first-order valence-corrected chi connectivity index (χ1v) is 10.3. The molecule has 0 amide bonds. The fourth-order valence-corrected chi connectivity index (χ4v) is 2.68. The summed E-state index contributed by atoms with van der Waals surface area (Å²) in [6.45, 7) is 8.37. The van der Waals surface area contributed by atoms with E-state index in [1.165, 1.54) is 6.04 Å². The number of rotatable bonds is 6. The molecule has 1 aromatic carbocycles. The van der Waals surface area contributed by atoms with E-state index >= 15 is 0 Å². The Morgan fingerprint density at radius 1 is 1.32 bits per heavy atom. The molecule has 0 spiro atoms. The van der Waals surface area contributed by atoms with Gasteiger partial charge >= 0.3 is 0 Å². The maximum absolute atomic E-state index is 9.27. The molecule has 2 aromatic rings. The average molecular weight is 278 g/mol. The first-order valence-electron chi connectivity index (χ1n) is 6.62. The third-order valence-electron chi connectivity index (χ3n) is 3.13. The number of ether oxygens (including phenoxy) is 1. The van der Waals surface area contributed by atoms with Crippen LogP contribution in [0.3, 0.4) is 0 Å². The van der Waals surface area contributed by atoms with Crippen LogP contribution < -0.4 is 0 Å². The highest BCUT2D eigenvalue weighted by Crippen LogP contribution is 2.17. The summed E-state index contributed by atoms with van der Waals surface area (Å²) >= 11 is 0. The maximum Gasteiger partial charge on any atom is 0.124 e. The van der Waals surface area contributed by atoms with Crippen molar-refractivity contribution in [2.24, 2.45) is 0 Å². The molecule has 2 rings (SSSR count). The van der Waals surface area contributed by atoms with Gasteiger partial charge < -0.3 is 14.4 Å². The van der Waals surface area contributed by atoms with Gasteiger partial charge in [0.1, 0.15) is 6.73 Å². The summed E-state index contributed by atoms with van der Waals surface area (Å²) in [6, 6.07) is 7.00. The van der Waals surface area contributed by atoms with Crippen LogP contribution >= 0.6 is 0 Å². The van der Waals surface area contributed by atoms with E-state index in [1.807, 2.05) is 22.8 Å². The topological polar surface area (TPSA) is 47.3 Å². The summed E-state index contributed by atoms with van der Waals surface area (Å²) < 4.78 is 7.72. The van der Waals surface area contributed by atoms with Crippen LogP contribution in [0.1, 0.15) is 5.56 Å². The first-order chi connectivity index (χ1) is 9.01. The SMILES string of the molecule is C[Si](C)(C)CCOCn1cnc2c(CO)cccc21. The molecule has 19 heavy (non-hydrogen) atoms. The normalized spacial score (nSPS) is 12.2. The number of aromatic nitrogens is 2. The van der Waals surface area contributed by atoms with Gasteiger partial charge in [-0.15, -0.1) is 0 Å². The molecule has 104 valence electrons. The van der Waals surface area contributed by atoms with Gasteiger partial charge in [-0.2, -0.15) is 0 Å². The molecule has 0 aliphatic carbocycles. The van der Waals surface area contributed by atoms with Crippen molar-refractivity contribution in [3.63, 3.8) is 0 Å². The van der Waals surface area contributed by atoms with Gasteiger partial charge in [0, 0.05) is 20.2 Å². The molecule has 4 nitrogen and oxygen atoms in total. The Kier molecular flexibility index (Phi) is 4.39. The minimum Gasteiger partial charge on any atom is -0.392 e. The number of para-hydroxylation sites is 1. The van der Waals surface area contributed by atoms with Crippen LogP contribution in [0.5, 0.6) is 0 Å². The Morgan fingerprint density at radius 3 is 2.79 bits per heavy atom. The molecule has 1 aromatic heterocycles. The summed E-state index contributed by atoms with van der Waals surface area (Å²) in [5, 5.41) is 9.27. The monoisotopic (exact) mass is 278 g/mol. The van der Waals surface area contributed by atoms with Crippen LogP contribution in [0.2, 0.25) is 25.7 Å². The van der Waals surface area contributed by atoms with Gasteiger partial charge in [0.05, 0.1) is 24.0 Å². The van der Waals surface area contributed by atoms with Gasteiger partial charge in [-0.1, -0.05) is 31.8 Å². The molecule has 0 aliphatic heterocycles. The third-order valence-corrected chi connectivity index (χ3v) is 4.84. The zero-order valence-electron chi connectivity index (χ0n) is 11.9. The van der Waals surface area contributed by atoms with Crippen LogP contribution in [-0.2, 0) is 18.1 Å². The van der Waals surface area contributed by atoms with Gasteiger partial charge in [-0.25, -0.2) is 4.98 Å². The van der Waals surface area contributed by atoms with Crippen molar-refractivity contribution in [3.05, 3.63) is 30.1 Å². The number of hydrogen-bond acceptors (Lipinski definition) is 3. The van der Waals surface area contributed by atoms with E-state index in [0.717, 1.165) is 23.2 Å². The highest BCUT2D eigenvalue weighted by molar-refractivity contribution is 6.76. The van der Waals surface area contributed by atoms with Gasteiger partial charge in [0.25, 0.3) is 0 Å². The van der Waals surface area contributed by atoms with Crippen molar-refractivity contribution < 1.29 is 9.84 Å². The number of aliphatic hydroxyl groups is 1. The van der Waals surface area contributed by atoms with E-state index in [0.29, 0.717) is 6.73 Å². The standard InChI is InChI=1S/C14H22N2O2Si/c1-19(2,3)8-7-18-11-16-10-15-14-12(9-17)5-4-6-13(14)16/h4-6,10,17H,7-9,11H2,1-3H3. The molecule has 5 heteroatoms. The largest absolute Gasteiger partial charge is 0.392 e. The second kappa shape index (κ2) is 5.86. The number of imidazole rings is 1. The van der Waals surface area contributed by atoms with Crippen LogP contribution in [0.4, 0.5) is 0 Å². The average Bonchev–Trinajstić information content (AvgIpc) is 2.76. The number of hydrogen-bond donors (Lipinski definition) is 1. The predicted molar refractivity (Wildman–Crippen MR) is 79.8 cm³/mol. The zero-order chi connectivity index (χ0) is 13.9. The lowest BCUT2D eigenvalue weighted by Gasteiger charge is -2.15. The Balaban J connectivity index is 2.02. The summed E-state index contributed by atoms with van der Waals surface area (Å²) in [5.74, 6) is 0. The molecule has 0 bridgehead atoms. The van der Waals surface area contributed by atoms with Crippen molar-refractivity contribution in [3.8, 4) is 0 Å². The van der Waals surface area contributed by atoms with Gasteiger partial charge in [-0.3, -0.25) is 0 Å². The number of benzene rings is 1. The van der Waals surface area contributed by atoms with Gasteiger partial charge in [0.15, 0.2) is 0 Å². The van der Waals surface area contributed by atoms with Crippen molar-refractivity contribution in [1.29, 1.82) is 0 Å². The molecule has 0 fully saturated rings. The Bertz CT molecular complexity index is 546. The fraction of sp³-hybridized carbons (Fsp3) is 0.500.